The molecule has 184 valence electrons. The Kier molecular flexibility index (Phi) is 8.11. The van der Waals surface area contributed by atoms with E-state index in [-0.39, 0.29) is 42.7 Å². The first-order valence-electron chi connectivity index (χ1n) is 11.5. The summed E-state index contributed by atoms with van der Waals surface area (Å²) in [5.41, 5.74) is 3.72. The Labute approximate surface area is 203 Å². The lowest BCUT2D eigenvalue weighted by Crippen LogP contribution is -2.19. The number of nitro benzene ring substituents is 1. The maximum Gasteiger partial charge on any atom is 0.335 e. The molecule has 0 unspecified atom stereocenters. The predicted molar refractivity (Wildman–Crippen MR) is 129 cm³/mol. The van der Waals surface area contributed by atoms with Gasteiger partial charge in [-0.1, -0.05) is 31.1 Å². The highest BCUT2D eigenvalue weighted by Crippen LogP contribution is 2.38. The number of Topliss-reactive ketones (excluding diaryl/α,β-unsaturated/α-hetero) is 1. The zero-order valence-electron chi connectivity index (χ0n) is 20.2. The van der Waals surface area contributed by atoms with Crippen LogP contribution in [0.15, 0.2) is 41.6 Å². The molecule has 9 heteroatoms. The number of rotatable bonds is 10. The van der Waals surface area contributed by atoms with Crippen LogP contribution in [0.5, 0.6) is 0 Å². The molecule has 0 radical (unpaired) electrons. The van der Waals surface area contributed by atoms with Crippen LogP contribution in [0.4, 0.5) is 5.69 Å². The van der Waals surface area contributed by atoms with Crippen molar-refractivity contribution in [2.75, 3.05) is 0 Å². The number of non-ortho nitro benzene ring substituents is 1. The van der Waals surface area contributed by atoms with Crippen molar-refractivity contribution in [1.82, 2.24) is 0 Å². The van der Waals surface area contributed by atoms with Crippen molar-refractivity contribution >= 4 is 29.1 Å². The number of nitro groups is 1. The molecule has 0 bridgehead atoms. The molecule has 0 aromatic heterocycles. The highest BCUT2D eigenvalue weighted by atomic mass is 16.7. The normalized spacial score (nSPS) is 12.3. The zero-order valence-corrected chi connectivity index (χ0v) is 20.2. The van der Waals surface area contributed by atoms with Crippen molar-refractivity contribution in [2.45, 2.75) is 59.5 Å². The number of esters is 1. The summed E-state index contributed by atoms with van der Waals surface area (Å²) in [4.78, 5) is 52.9. The van der Waals surface area contributed by atoms with Crippen LogP contribution in [0.25, 0.3) is 11.1 Å². The maximum absolute atomic E-state index is 13.3. The fraction of sp³-hybridized carbons (Fsp3) is 0.385. The molecular formula is C26H28N2O7. The van der Waals surface area contributed by atoms with E-state index < -0.39 is 22.6 Å². The summed E-state index contributed by atoms with van der Waals surface area (Å²) in [6.07, 6.45) is 0.151. The molecule has 1 aliphatic carbocycles. The molecule has 0 saturated carbocycles. The number of hydrogen-bond acceptors (Lipinski definition) is 8. The van der Waals surface area contributed by atoms with Crippen LogP contribution in [-0.2, 0) is 25.6 Å². The molecule has 2 aromatic carbocycles. The van der Waals surface area contributed by atoms with Gasteiger partial charge in [-0.25, -0.2) is 4.79 Å². The lowest BCUT2D eigenvalue weighted by Gasteiger charge is -2.10. The number of oxime groups is 1. The minimum absolute atomic E-state index is 0.0128. The summed E-state index contributed by atoms with van der Waals surface area (Å²) in [7, 11) is 0. The molecule has 0 spiro atoms. The quantitative estimate of drug-likeness (QED) is 0.0995. The lowest BCUT2D eigenvalue weighted by molar-refractivity contribution is -0.384. The van der Waals surface area contributed by atoms with Gasteiger partial charge in [-0.15, -0.1) is 0 Å². The van der Waals surface area contributed by atoms with Gasteiger partial charge in [0.25, 0.3) is 5.69 Å². The van der Waals surface area contributed by atoms with Gasteiger partial charge in [0, 0.05) is 24.1 Å². The summed E-state index contributed by atoms with van der Waals surface area (Å²) in [5.74, 6) is -1.46. The molecule has 0 saturated heterocycles. The van der Waals surface area contributed by atoms with E-state index in [0.29, 0.717) is 12.0 Å². The smallest absolute Gasteiger partial charge is 0.335 e. The fourth-order valence-corrected chi connectivity index (χ4v) is 3.84. The number of ether oxygens (including phenoxy) is 1. The number of hydrogen-bond donors (Lipinski definition) is 0. The summed E-state index contributed by atoms with van der Waals surface area (Å²) < 4.78 is 5.13. The number of carbonyl (C=O) groups excluding carboxylic acids is 3. The van der Waals surface area contributed by atoms with E-state index in [1.807, 2.05) is 13.8 Å². The Morgan fingerprint density at radius 1 is 0.971 bits per heavy atom. The maximum atomic E-state index is 13.3. The lowest BCUT2D eigenvalue weighted by atomic mass is 9.98. The van der Waals surface area contributed by atoms with Crippen LogP contribution in [0.3, 0.4) is 0 Å². The first kappa shape index (κ1) is 25.7. The number of benzene rings is 2. The first-order chi connectivity index (χ1) is 16.5. The predicted octanol–water partition coefficient (Wildman–Crippen LogP) is 5.03. The number of carbonyl (C=O) groups is 3. The SMILES string of the molecule is CC(C)CC(=O)O/N=C(/CCC(=O)OC(C)C)C(=O)c1ccc2c(c1)Cc1cc([N+](=O)[O-])ccc1-2. The average Bonchev–Trinajstić information content (AvgIpc) is 3.14. The largest absolute Gasteiger partial charge is 0.463 e. The molecule has 35 heavy (non-hydrogen) atoms. The van der Waals surface area contributed by atoms with E-state index in [1.54, 1.807) is 38.1 Å². The molecular weight excluding hydrogens is 452 g/mol. The number of fused-ring (bicyclic) bond motifs is 3. The topological polar surface area (TPSA) is 125 Å². The fourth-order valence-electron chi connectivity index (χ4n) is 3.84. The van der Waals surface area contributed by atoms with Gasteiger partial charge in [0.05, 0.1) is 23.9 Å². The van der Waals surface area contributed by atoms with E-state index in [2.05, 4.69) is 5.16 Å². The van der Waals surface area contributed by atoms with Crippen molar-refractivity contribution in [3.63, 3.8) is 0 Å². The highest BCUT2D eigenvalue weighted by molar-refractivity contribution is 6.46. The standard InChI is InChI=1S/C26H28N2O7/c1-15(2)11-25(30)35-27-23(9-10-24(29)34-16(3)4)26(31)17-5-7-21-18(12-17)13-19-14-20(28(32)33)6-8-22(19)21/h5-8,12,14-16H,9-11,13H2,1-4H3/b27-23-. The summed E-state index contributed by atoms with van der Waals surface area (Å²) in [6.45, 7) is 7.16. The number of ketones is 1. The molecule has 9 nitrogen and oxygen atoms in total. The molecule has 0 N–H and O–H groups in total. The van der Waals surface area contributed by atoms with Crippen LogP contribution >= 0.6 is 0 Å². The summed E-state index contributed by atoms with van der Waals surface area (Å²) >= 11 is 0. The minimum atomic E-state index is -0.568. The van der Waals surface area contributed by atoms with Gasteiger partial charge in [-0.3, -0.25) is 19.7 Å². The second kappa shape index (κ2) is 11.0. The van der Waals surface area contributed by atoms with E-state index in [1.165, 1.54) is 12.1 Å². The zero-order chi connectivity index (χ0) is 25.7. The number of nitrogens with zero attached hydrogens (tertiary/aromatic N) is 2. The van der Waals surface area contributed by atoms with Gasteiger partial charge >= 0.3 is 11.9 Å². The van der Waals surface area contributed by atoms with E-state index in [0.717, 1.165) is 22.3 Å². The third-order valence-electron chi connectivity index (χ3n) is 5.37. The van der Waals surface area contributed by atoms with Crippen LogP contribution in [-0.4, -0.2) is 34.5 Å². The van der Waals surface area contributed by atoms with Crippen LogP contribution < -0.4 is 0 Å². The Balaban J connectivity index is 1.83. The van der Waals surface area contributed by atoms with Crippen LogP contribution in [0, 0.1) is 16.0 Å². The summed E-state index contributed by atoms with van der Waals surface area (Å²) in [5, 5.41) is 14.9. The van der Waals surface area contributed by atoms with Gasteiger partial charge in [0.1, 0.15) is 5.71 Å². The third-order valence-corrected chi connectivity index (χ3v) is 5.37. The van der Waals surface area contributed by atoms with Gasteiger partial charge in [-0.05, 0) is 60.6 Å². The van der Waals surface area contributed by atoms with Crippen molar-refractivity contribution in [3.8, 4) is 11.1 Å². The molecule has 0 fully saturated rings. The molecule has 0 atom stereocenters. The monoisotopic (exact) mass is 480 g/mol. The van der Waals surface area contributed by atoms with Crippen LogP contribution in [0.1, 0.15) is 68.4 Å². The Morgan fingerprint density at radius 2 is 1.63 bits per heavy atom. The first-order valence-corrected chi connectivity index (χ1v) is 11.5. The van der Waals surface area contributed by atoms with Gasteiger partial charge in [0.15, 0.2) is 0 Å². The van der Waals surface area contributed by atoms with Crippen LogP contribution in [0.2, 0.25) is 0 Å². The van der Waals surface area contributed by atoms with E-state index in [9.17, 15) is 24.5 Å². The van der Waals surface area contributed by atoms with E-state index in [4.69, 9.17) is 9.57 Å². The van der Waals surface area contributed by atoms with Gasteiger partial charge in [0.2, 0.25) is 5.78 Å². The molecule has 0 aliphatic heterocycles. The average molecular weight is 481 g/mol. The van der Waals surface area contributed by atoms with Crippen molar-refractivity contribution < 1.29 is 28.9 Å². The Morgan fingerprint density at radius 3 is 2.26 bits per heavy atom. The molecule has 0 heterocycles. The van der Waals surface area contributed by atoms with Crippen molar-refractivity contribution in [2.24, 2.45) is 11.1 Å². The molecule has 2 aromatic rings. The highest BCUT2D eigenvalue weighted by Gasteiger charge is 2.24. The Bertz CT molecular complexity index is 1200. The second-order valence-corrected chi connectivity index (χ2v) is 9.11. The van der Waals surface area contributed by atoms with Crippen molar-refractivity contribution in [3.05, 3.63) is 63.2 Å². The minimum Gasteiger partial charge on any atom is -0.463 e. The molecule has 3 rings (SSSR count). The van der Waals surface area contributed by atoms with Gasteiger partial charge < -0.3 is 9.57 Å². The molecule has 0 amide bonds. The third kappa shape index (κ3) is 6.59. The second-order valence-electron chi connectivity index (χ2n) is 9.11. The molecule has 1 aliphatic rings. The van der Waals surface area contributed by atoms with E-state index >= 15 is 0 Å². The van der Waals surface area contributed by atoms with Crippen molar-refractivity contribution in [1.29, 1.82) is 0 Å². The van der Waals surface area contributed by atoms with Gasteiger partial charge in [-0.2, -0.15) is 0 Å². The Hall–Kier alpha value is -3.88. The summed E-state index contributed by atoms with van der Waals surface area (Å²) in [6, 6.07) is 9.84.